The van der Waals surface area contributed by atoms with E-state index < -0.39 is 0 Å². The Bertz CT molecular complexity index is 1580. The summed E-state index contributed by atoms with van der Waals surface area (Å²) in [5.74, 6) is 1.57. The number of furan rings is 1. The fourth-order valence-electron chi connectivity index (χ4n) is 5.61. The standard InChI is InChI=1S/C32H32N2O/c1-19(2)14-20-15-25-27(34-18-20)11-10-24-29-28(35-31(24)25)12-13-33-30(29)22-16-21-8-6-7-9-23(21)26(17-22)32(3,4)5/h6-9,12-13,15-19H,10-11,14H2,1-5H3. The molecule has 0 atom stereocenters. The van der Waals surface area contributed by atoms with Gasteiger partial charge in [0.05, 0.1) is 16.8 Å². The van der Waals surface area contributed by atoms with E-state index in [9.17, 15) is 0 Å². The molecule has 5 aromatic rings. The van der Waals surface area contributed by atoms with Gasteiger partial charge in [-0.25, -0.2) is 0 Å². The fourth-order valence-corrected chi connectivity index (χ4v) is 5.61. The maximum Gasteiger partial charge on any atom is 0.140 e. The highest BCUT2D eigenvalue weighted by Gasteiger charge is 2.27. The van der Waals surface area contributed by atoms with Gasteiger partial charge in [-0.2, -0.15) is 0 Å². The summed E-state index contributed by atoms with van der Waals surface area (Å²) in [5, 5.41) is 3.71. The number of aromatic nitrogens is 2. The van der Waals surface area contributed by atoms with E-state index in [1.54, 1.807) is 0 Å². The van der Waals surface area contributed by atoms with E-state index in [2.05, 4.69) is 77.1 Å². The van der Waals surface area contributed by atoms with Gasteiger partial charge in [-0.3, -0.25) is 9.97 Å². The summed E-state index contributed by atoms with van der Waals surface area (Å²) in [7, 11) is 0. The molecule has 0 bridgehead atoms. The maximum atomic E-state index is 6.54. The number of hydrogen-bond donors (Lipinski definition) is 0. The monoisotopic (exact) mass is 460 g/mol. The molecule has 1 aliphatic rings. The first-order chi connectivity index (χ1) is 16.8. The molecule has 0 unspecified atom stereocenters. The molecule has 2 aromatic carbocycles. The van der Waals surface area contributed by atoms with Crippen molar-refractivity contribution < 1.29 is 4.42 Å². The summed E-state index contributed by atoms with van der Waals surface area (Å²) in [6.45, 7) is 11.3. The average molecular weight is 461 g/mol. The van der Waals surface area contributed by atoms with Crippen molar-refractivity contribution in [2.24, 2.45) is 5.92 Å². The van der Waals surface area contributed by atoms with Crippen molar-refractivity contribution in [3.63, 3.8) is 0 Å². The molecule has 0 aliphatic heterocycles. The lowest BCUT2D eigenvalue weighted by molar-refractivity contribution is 0.596. The van der Waals surface area contributed by atoms with Crippen molar-refractivity contribution in [1.82, 2.24) is 9.97 Å². The van der Waals surface area contributed by atoms with Gasteiger partial charge in [0, 0.05) is 29.1 Å². The molecule has 35 heavy (non-hydrogen) atoms. The molecule has 0 amide bonds. The molecule has 3 nitrogen and oxygen atoms in total. The Morgan fingerprint density at radius 2 is 1.80 bits per heavy atom. The Morgan fingerprint density at radius 3 is 2.60 bits per heavy atom. The van der Waals surface area contributed by atoms with Crippen molar-refractivity contribution in [3.05, 3.63) is 83.3 Å². The Kier molecular flexibility index (Phi) is 5.07. The molecule has 0 radical (unpaired) electrons. The van der Waals surface area contributed by atoms with Crippen LogP contribution in [0.4, 0.5) is 0 Å². The highest BCUT2D eigenvalue weighted by molar-refractivity contribution is 6.01. The van der Waals surface area contributed by atoms with E-state index >= 15 is 0 Å². The summed E-state index contributed by atoms with van der Waals surface area (Å²) in [5.41, 5.74) is 9.27. The normalized spacial score (nSPS) is 13.4. The maximum absolute atomic E-state index is 6.54. The summed E-state index contributed by atoms with van der Waals surface area (Å²) < 4.78 is 6.54. The second kappa shape index (κ2) is 8.05. The molecule has 176 valence electrons. The number of fused-ring (bicyclic) bond motifs is 6. The average Bonchev–Trinajstić information content (AvgIpc) is 3.22. The molecular formula is C32H32N2O. The van der Waals surface area contributed by atoms with E-state index in [1.807, 2.05) is 18.5 Å². The highest BCUT2D eigenvalue weighted by Crippen LogP contribution is 2.44. The Morgan fingerprint density at radius 1 is 0.971 bits per heavy atom. The van der Waals surface area contributed by atoms with Crippen LogP contribution >= 0.6 is 0 Å². The summed E-state index contributed by atoms with van der Waals surface area (Å²) >= 11 is 0. The zero-order valence-corrected chi connectivity index (χ0v) is 21.3. The molecule has 1 aliphatic carbocycles. The van der Waals surface area contributed by atoms with Crippen LogP contribution in [0.2, 0.25) is 0 Å². The van der Waals surface area contributed by atoms with E-state index in [0.29, 0.717) is 5.92 Å². The molecule has 3 aromatic heterocycles. The number of hydrogen-bond acceptors (Lipinski definition) is 3. The molecule has 3 heterocycles. The first-order valence-corrected chi connectivity index (χ1v) is 12.7. The summed E-state index contributed by atoms with van der Waals surface area (Å²) in [4.78, 5) is 9.74. The van der Waals surface area contributed by atoms with E-state index in [0.717, 1.165) is 58.5 Å². The minimum absolute atomic E-state index is 0.0246. The molecule has 3 heteroatoms. The number of benzene rings is 2. The lowest BCUT2D eigenvalue weighted by Crippen LogP contribution is -2.12. The molecule has 0 N–H and O–H groups in total. The van der Waals surface area contributed by atoms with E-state index in [1.165, 1.54) is 27.5 Å². The van der Waals surface area contributed by atoms with Crippen LogP contribution in [-0.2, 0) is 24.7 Å². The zero-order valence-electron chi connectivity index (χ0n) is 21.3. The Balaban J connectivity index is 1.58. The highest BCUT2D eigenvalue weighted by atomic mass is 16.3. The van der Waals surface area contributed by atoms with Gasteiger partial charge in [0.1, 0.15) is 11.3 Å². The number of aryl methyl sites for hydroxylation is 2. The van der Waals surface area contributed by atoms with E-state index in [4.69, 9.17) is 14.4 Å². The minimum atomic E-state index is 0.0246. The molecule has 0 saturated heterocycles. The predicted molar refractivity (Wildman–Crippen MR) is 145 cm³/mol. The van der Waals surface area contributed by atoms with Gasteiger partial charge in [0.25, 0.3) is 0 Å². The third-order valence-corrected chi connectivity index (χ3v) is 7.17. The van der Waals surface area contributed by atoms with Crippen molar-refractivity contribution in [2.75, 3.05) is 0 Å². The quantitative estimate of drug-likeness (QED) is 0.272. The van der Waals surface area contributed by atoms with Gasteiger partial charge >= 0.3 is 0 Å². The third kappa shape index (κ3) is 3.74. The topological polar surface area (TPSA) is 38.9 Å². The van der Waals surface area contributed by atoms with Crippen molar-refractivity contribution >= 4 is 21.7 Å². The van der Waals surface area contributed by atoms with Crippen molar-refractivity contribution in [3.8, 4) is 22.6 Å². The molecule has 6 rings (SSSR count). The van der Waals surface area contributed by atoms with Gasteiger partial charge < -0.3 is 4.42 Å². The SMILES string of the molecule is CC(C)Cc1cnc2c(c1)-c1oc3ccnc(-c4cc(C(C)(C)C)c5ccccc5c4)c3c1CC2. The van der Waals surface area contributed by atoms with Crippen LogP contribution in [0.15, 0.2) is 65.3 Å². The second-order valence-corrected chi connectivity index (χ2v) is 11.4. The summed E-state index contributed by atoms with van der Waals surface area (Å²) in [6, 6.07) is 17.6. The van der Waals surface area contributed by atoms with Crippen molar-refractivity contribution in [2.45, 2.75) is 59.3 Å². The minimum Gasteiger partial charge on any atom is -0.456 e. The predicted octanol–water partition coefficient (Wildman–Crippen LogP) is 8.30. The summed E-state index contributed by atoms with van der Waals surface area (Å²) in [6.07, 6.45) is 6.80. The third-order valence-electron chi connectivity index (χ3n) is 7.17. The number of pyridine rings is 2. The van der Waals surface area contributed by atoms with Crippen LogP contribution in [0, 0.1) is 5.92 Å². The van der Waals surface area contributed by atoms with Gasteiger partial charge in [-0.05, 0) is 76.8 Å². The zero-order chi connectivity index (χ0) is 24.3. The Labute approximate surface area is 207 Å². The van der Waals surface area contributed by atoms with Gasteiger partial charge in [-0.15, -0.1) is 0 Å². The Hall–Kier alpha value is -3.46. The van der Waals surface area contributed by atoms with Crippen LogP contribution in [-0.4, -0.2) is 9.97 Å². The van der Waals surface area contributed by atoms with Crippen LogP contribution in [0.1, 0.15) is 57.0 Å². The lowest BCUT2D eigenvalue weighted by atomic mass is 9.82. The van der Waals surface area contributed by atoms with Crippen LogP contribution in [0.3, 0.4) is 0 Å². The molecule has 0 saturated carbocycles. The molecule has 0 fully saturated rings. The van der Waals surface area contributed by atoms with Crippen LogP contribution in [0.25, 0.3) is 44.3 Å². The second-order valence-electron chi connectivity index (χ2n) is 11.4. The van der Waals surface area contributed by atoms with E-state index in [-0.39, 0.29) is 5.41 Å². The van der Waals surface area contributed by atoms with Gasteiger partial charge in [-0.1, -0.05) is 58.9 Å². The number of nitrogens with zero attached hydrogens (tertiary/aromatic N) is 2. The largest absolute Gasteiger partial charge is 0.456 e. The smallest absolute Gasteiger partial charge is 0.140 e. The van der Waals surface area contributed by atoms with Crippen molar-refractivity contribution in [1.29, 1.82) is 0 Å². The first-order valence-electron chi connectivity index (χ1n) is 12.7. The fraction of sp³-hybridized carbons (Fsp3) is 0.312. The van der Waals surface area contributed by atoms with Crippen LogP contribution < -0.4 is 0 Å². The van der Waals surface area contributed by atoms with Gasteiger partial charge in [0.2, 0.25) is 0 Å². The molecular weight excluding hydrogens is 428 g/mol. The first kappa shape index (κ1) is 22.0. The number of rotatable bonds is 3. The van der Waals surface area contributed by atoms with Crippen LogP contribution in [0.5, 0.6) is 0 Å². The van der Waals surface area contributed by atoms with Gasteiger partial charge in [0.15, 0.2) is 0 Å². The lowest BCUT2D eigenvalue weighted by Gasteiger charge is -2.23. The molecule has 0 spiro atoms.